The maximum Gasteiger partial charge on any atom is 0.194 e. The van der Waals surface area contributed by atoms with Gasteiger partial charge in [0.25, 0.3) is 0 Å². The number of ether oxygens (including phenoxy) is 1. The molecule has 2 aromatic carbocycles. The smallest absolute Gasteiger partial charge is 0.194 e. The number of aliphatic hydroxyl groups excluding tert-OH is 1. The van der Waals surface area contributed by atoms with Crippen molar-refractivity contribution in [3.05, 3.63) is 71.3 Å². The van der Waals surface area contributed by atoms with E-state index in [0.717, 1.165) is 44.2 Å². The quantitative estimate of drug-likeness (QED) is 0.530. The summed E-state index contributed by atoms with van der Waals surface area (Å²) in [5.74, 6) is 1.38. The number of benzene rings is 2. The van der Waals surface area contributed by atoms with Crippen molar-refractivity contribution >= 4 is 5.96 Å². The van der Waals surface area contributed by atoms with Crippen LogP contribution in [-0.4, -0.2) is 48.8 Å². The van der Waals surface area contributed by atoms with E-state index in [1.165, 1.54) is 11.1 Å². The maximum atomic E-state index is 10.5. The summed E-state index contributed by atoms with van der Waals surface area (Å²) in [4.78, 5) is 6.98. The second-order valence-electron chi connectivity index (χ2n) is 7.72. The number of nitrogens with one attached hydrogen (secondary N) is 1. The fraction of sp³-hybridized carbons (Fsp3) is 0.458. The lowest BCUT2D eigenvalue weighted by atomic mass is 10.1. The number of likely N-dealkylation sites (tertiary alicyclic amines) is 1. The molecule has 1 heterocycles. The van der Waals surface area contributed by atoms with E-state index in [4.69, 9.17) is 9.73 Å². The van der Waals surface area contributed by atoms with E-state index in [0.29, 0.717) is 19.1 Å². The van der Waals surface area contributed by atoms with Crippen molar-refractivity contribution in [1.29, 1.82) is 0 Å². The monoisotopic (exact) mass is 395 g/mol. The van der Waals surface area contributed by atoms with Crippen molar-refractivity contribution in [2.24, 2.45) is 10.9 Å². The molecule has 156 valence electrons. The Bertz CT molecular complexity index is 761. The molecular formula is C24H33N3O2. The first-order chi connectivity index (χ1) is 14.2. The molecule has 2 atom stereocenters. The van der Waals surface area contributed by atoms with Crippen LogP contribution >= 0.6 is 0 Å². The van der Waals surface area contributed by atoms with E-state index in [1.54, 1.807) is 0 Å². The van der Waals surface area contributed by atoms with E-state index in [1.807, 2.05) is 49.4 Å². The SMILES string of the molecule is CCNC(=NCC(O)c1ccc(C)cc1)N1CCC(COCc2ccccc2)C1. The predicted octanol–water partition coefficient (Wildman–Crippen LogP) is 3.53. The molecule has 2 unspecified atom stereocenters. The molecule has 0 amide bonds. The fourth-order valence-electron chi connectivity index (χ4n) is 3.57. The number of nitrogens with zero attached hydrogens (tertiary/aromatic N) is 2. The van der Waals surface area contributed by atoms with Crippen LogP contribution in [0.4, 0.5) is 0 Å². The van der Waals surface area contributed by atoms with E-state index >= 15 is 0 Å². The Morgan fingerprint density at radius 2 is 1.97 bits per heavy atom. The summed E-state index contributed by atoms with van der Waals surface area (Å²) in [6.45, 7) is 8.60. The van der Waals surface area contributed by atoms with Crippen molar-refractivity contribution in [3.8, 4) is 0 Å². The second-order valence-corrected chi connectivity index (χ2v) is 7.72. The molecule has 5 nitrogen and oxygen atoms in total. The van der Waals surface area contributed by atoms with Crippen LogP contribution in [0.1, 0.15) is 36.1 Å². The minimum atomic E-state index is -0.586. The Balaban J connectivity index is 1.49. The molecule has 0 radical (unpaired) electrons. The maximum absolute atomic E-state index is 10.5. The van der Waals surface area contributed by atoms with Crippen molar-refractivity contribution in [3.63, 3.8) is 0 Å². The lowest BCUT2D eigenvalue weighted by molar-refractivity contribution is 0.0906. The first kappa shape index (κ1) is 21.3. The highest BCUT2D eigenvalue weighted by Gasteiger charge is 2.25. The number of hydrogen-bond donors (Lipinski definition) is 2. The van der Waals surface area contributed by atoms with Gasteiger partial charge in [-0.2, -0.15) is 0 Å². The van der Waals surface area contributed by atoms with E-state index < -0.39 is 6.10 Å². The zero-order valence-electron chi connectivity index (χ0n) is 17.6. The fourth-order valence-corrected chi connectivity index (χ4v) is 3.57. The van der Waals surface area contributed by atoms with Gasteiger partial charge in [0.15, 0.2) is 5.96 Å². The first-order valence-corrected chi connectivity index (χ1v) is 10.5. The molecule has 0 aromatic heterocycles. The minimum absolute atomic E-state index is 0.358. The highest BCUT2D eigenvalue weighted by molar-refractivity contribution is 5.80. The van der Waals surface area contributed by atoms with Gasteiger partial charge in [-0.15, -0.1) is 0 Å². The van der Waals surface area contributed by atoms with Crippen LogP contribution in [0.25, 0.3) is 0 Å². The van der Waals surface area contributed by atoms with Gasteiger partial charge in [0.1, 0.15) is 0 Å². The number of aryl methyl sites for hydroxylation is 1. The van der Waals surface area contributed by atoms with E-state index in [9.17, 15) is 5.11 Å². The number of guanidine groups is 1. The number of hydrogen-bond acceptors (Lipinski definition) is 3. The molecule has 0 bridgehead atoms. The van der Waals surface area contributed by atoms with Gasteiger partial charge in [0, 0.05) is 25.6 Å². The van der Waals surface area contributed by atoms with Crippen LogP contribution < -0.4 is 5.32 Å². The Labute approximate surface area is 174 Å². The highest BCUT2D eigenvalue weighted by atomic mass is 16.5. The third kappa shape index (κ3) is 6.58. The van der Waals surface area contributed by atoms with Gasteiger partial charge in [0.2, 0.25) is 0 Å². The molecule has 1 fully saturated rings. The molecule has 3 rings (SSSR count). The highest BCUT2D eigenvalue weighted by Crippen LogP contribution is 2.18. The van der Waals surface area contributed by atoms with Crippen LogP contribution in [-0.2, 0) is 11.3 Å². The summed E-state index contributed by atoms with van der Waals surface area (Å²) < 4.78 is 5.93. The topological polar surface area (TPSA) is 57.1 Å². The molecule has 0 saturated carbocycles. The van der Waals surface area contributed by atoms with Crippen LogP contribution in [0, 0.1) is 12.8 Å². The van der Waals surface area contributed by atoms with Crippen LogP contribution in [0.2, 0.25) is 0 Å². The van der Waals surface area contributed by atoms with E-state index in [2.05, 4.69) is 29.3 Å². The predicted molar refractivity (Wildman–Crippen MR) is 118 cm³/mol. The van der Waals surface area contributed by atoms with Crippen molar-refractivity contribution in [2.75, 3.05) is 32.8 Å². The third-order valence-corrected chi connectivity index (χ3v) is 5.26. The summed E-state index contributed by atoms with van der Waals surface area (Å²) in [5.41, 5.74) is 3.31. The van der Waals surface area contributed by atoms with Gasteiger partial charge in [-0.1, -0.05) is 60.2 Å². The number of rotatable bonds is 8. The Morgan fingerprint density at radius 1 is 1.21 bits per heavy atom. The Kier molecular flexibility index (Phi) is 8.08. The van der Waals surface area contributed by atoms with Crippen LogP contribution in [0.3, 0.4) is 0 Å². The van der Waals surface area contributed by atoms with Crippen molar-refractivity contribution < 1.29 is 9.84 Å². The summed E-state index contributed by atoms with van der Waals surface area (Å²) >= 11 is 0. The minimum Gasteiger partial charge on any atom is -0.386 e. The second kappa shape index (κ2) is 11.0. The molecule has 1 aliphatic rings. The molecule has 1 aliphatic heterocycles. The molecule has 0 aliphatic carbocycles. The summed E-state index contributed by atoms with van der Waals surface area (Å²) in [5, 5.41) is 13.8. The molecule has 29 heavy (non-hydrogen) atoms. The standard InChI is InChI=1S/C24H33N3O2/c1-3-25-24(26-15-23(28)22-11-9-19(2)10-12-22)27-14-13-21(16-27)18-29-17-20-7-5-4-6-8-20/h4-12,21,23,28H,3,13-18H2,1-2H3,(H,25,26). The molecule has 5 heteroatoms. The van der Waals surface area contributed by atoms with Crippen molar-refractivity contribution in [1.82, 2.24) is 10.2 Å². The van der Waals surface area contributed by atoms with Crippen LogP contribution in [0.15, 0.2) is 59.6 Å². The van der Waals surface area contributed by atoms with Gasteiger partial charge in [0.05, 0.1) is 25.9 Å². The van der Waals surface area contributed by atoms with Gasteiger partial charge < -0.3 is 20.1 Å². The molecule has 1 saturated heterocycles. The van der Waals surface area contributed by atoms with Gasteiger partial charge in [-0.3, -0.25) is 4.99 Å². The lowest BCUT2D eigenvalue weighted by Gasteiger charge is -2.22. The Hall–Kier alpha value is -2.37. The molecule has 2 aromatic rings. The molecule has 0 spiro atoms. The van der Waals surface area contributed by atoms with Gasteiger partial charge in [-0.05, 0) is 31.4 Å². The average molecular weight is 396 g/mol. The summed E-state index contributed by atoms with van der Waals surface area (Å²) in [6, 6.07) is 18.3. The summed E-state index contributed by atoms with van der Waals surface area (Å²) in [7, 11) is 0. The van der Waals surface area contributed by atoms with Crippen LogP contribution in [0.5, 0.6) is 0 Å². The first-order valence-electron chi connectivity index (χ1n) is 10.5. The lowest BCUT2D eigenvalue weighted by Crippen LogP contribution is -2.40. The van der Waals surface area contributed by atoms with E-state index in [-0.39, 0.29) is 0 Å². The normalized spacial score (nSPS) is 18.1. The van der Waals surface area contributed by atoms with Crippen molar-refractivity contribution in [2.45, 2.75) is 33.0 Å². The number of aliphatic hydroxyl groups is 1. The zero-order chi connectivity index (χ0) is 20.5. The summed E-state index contributed by atoms with van der Waals surface area (Å²) in [6.07, 6.45) is 0.511. The van der Waals surface area contributed by atoms with Gasteiger partial charge >= 0.3 is 0 Å². The molecule has 2 N–H and O–H groups in total. The molecular weight excluding hydrogens is 362 g/mol. The number of aliphatic imine (C=N–C) groups is 1. The van der Waals surface area contributed by atoms with Gasteiger partial charge in [-0.25, -0.2) is 0 Å². The largest absolute Gasteiger partial charge is 0.386 e. The third-order valence-electron chi connectivity index (χ3n) is 5.26. The Morgan fingerprint density at radius 3 is 2.69 bits per heavy atom. The zero-order valence-corrected chi connectivity index (χ0v) is 17.6. The average Bonchev–Trinajstić information content (AvgIpc) is 3.21.